The minimum Gasteiger partial charge on any atom is -0.228 e. The van der Waals surface area contributed by atoms with E-state index in [1.54, 1.807) is 0 Å². The predicted octanol–water partition coefficient (Wildman–Crippen LogP) is 17.6. The van der Waals surface area contributed by atoms with E-state index in [9.17, 15) is 0 Å². The molecule has 9 aromatic carbocycles. The normalized spacial score (nSPS) is 11.8. The first kappa shape index (κ1) is 36.4. The van der Waals surface area contributed by atoms with Crippen molar-refractivity contribution in [3.8, 4) is 67.3 Å². The second kappa shape index (κ2) is 14.7. The fourth-order valence-electron chi connectivity index (χ4n) is 9.07. The summed E-state index contributed by atoms with van der Waals surface area (Å²) < 4.78 is 7.90. The van der Waals surface area contributed by atoms with Crippen LogP contribution in [0.25, 0.3) is 128 Å². The average Bonchev–Trinajstić information content (AvgIpc) is 4.04. The monoisotopic (exact) mass is 854 g/mol. The van der Waals surface area contributed by atoms with Gasteiger partial charge in [-0.2, -0.15) is 0 Å². The first-order valence-electron chi connectivity index (χ1n) is 21.1. The number of hydrogen-bond donors (Lipinski definition) is 0. The van der Waals surface area contributed by atoms with Gasteiger partial charge in [0.15, 0.2) is 5.82 Å². The molecule has 0 saturated carbocycles. The molecule has 63 heavy (non-hydrogen) atoms. The van der Waals surface area contributed by atoms with Gasteiger partial charge in [0.2, 0.25) is 0 Å². The first-order chi connectivity index (χ1) is 31.1. The summed E-state index contributed by atoms with van der Waals surface area (Å²) in [7, 11) is 0. The number of hydrogen-bond acceptors (Lipinski definition) is 5. The summed E-state index contributed by atoms with van der Waals surface area (Å²) in [6.45, 7) is 0. The molecule has 0 saturated heterocycles. The average molecular weight is 855 g/mol. The third-order valence-corrected chi connectivity index (χ3v) is 15.8. The van der Waals surface area contributed by atoms with E-state index in [-0.39, 0.29) is 0 Å². The van der Waals surface area contributed by atoms with Gasteiger partial charge in [-0.25, -0.2) is 9.97 Å². The summed E-state index contributed by atoms with van der Waals surface area (Å²) in [5.74, 6) is 0.700. The lowest BCUT2D eigenvalue weighted by molar-refractivity contribution is 1.18. The molecule has 294 valence electrons. The van der Waals surface area contributed by atoms with Crippen LogP contribution in [0, 0.1) is 0 Å². The molecular weight excluding hydrogens is 821 g/mol. The van der Waals surface area contributed by atoms with Gasteiger partial charge in [-0.1, -0.05) is 146 Å². The highest BCUT2D eigenvalue weighted by atomic mass is 32.1. The van der Waals surface area contributed by atoms with Gasteiger partial charge in [0.25, 0.3) is 0 Å². The highest BCUT2D eigenvalue weighted by Crippen LogP contribution is 2.40. The fraction of sp³-hybridized carbons (Fsp3) is 0. The van der Waals surface area contributed by atoms with Crippen LogP contribution < -0.4 is 0 Å². The number of aromatic nitrogens is 2. The molecule has 0 unspecified atom stereocenters. The Morgan fingerprint density at radius 2 is 0.508 bits per heavy atom. The molecule has 0 spiro atoms. The van der Waals surface area contributed by atoms with E-state index in [0.717, 1.165) is 28.1 Å². The van der Waals surface area contributed by atoms with Crippen molar-refractivity contribution in [1.29, 1.82) is 0 Å². The van der Waals surface area contributed by atoms with E-state index in [2.05, 4.69) is 206 Å². The Kier molecular flexibility index (Phi) is 8.48. The zero-order valence-electron chi connectivity index (χ0n) is 33.7. The molecule has 5 heteroatoms. The topological polar surface area (TPSA) is 25.8 Å². The van der Waals surface area contributed by atoms with E-state index in [0.29, 0.717) is 5.82 Å². The maximum absolute atomic E-state index is 5.25. The standard InChI is InChI=1S/C58H34N2S3/c1-4-10-52-44(7-1)47-31-41(25-28-55(47)61-52)35-13-19-38(20-14-35)50-34-51(39-21-15-36(16-22-39)42-26-29-56-48(32-42)45-8-2-5-11-53(45)62-56)60-58(59-50)40-23-17-37(18-24-40)43-27-30-57-49(33-43)46-9-3-6-12-54(46)63-57/h1-34H. The van der Waals surface area contributed by atoms with Gasteiger partial charge in [-0.3, -0.25) is 0 Å². The lowest BCUT2D eigenvalue weighted by Crippen LogP contribution is -1.96. The Morgan fingerprint density at radius 3 is 0.873 bits per heavy atom. The zero-order valence-corrected chi connectivity index (χ0v) is 36.2. The third-order valence-electron chi connectivity index (χ3n) is 12.4. The molecule has 0 N–H and O–H groups in total. The van der Waals surface area contributed by atoms with Crippen molar-refractivity contribution in [1.82, 2.24) is 9.97 Å². The number of nitrogens with zero attached hydrogens (tertiary/aromatic N) is 2. The Balaban J connectivity index is 0.874. The molecule has 0 radical (unpaired) electrons. The second-order valence-electron chi connectivity index (χ2n) is 16.1. The summed E-state index contributed by atoms with van der Waals surface area (Å²) in [6.07, 6.45) is 0. The third kappa shape index (κ3) is 6.35. The molecule has 0 bridgehead atoms. The quantitative estimate of drug-likeness (QED) is 0.167. The number of rotatable bonds is 6. The van der Waals surface area contributed by atoms with Gasteiger partial charge in [0.1, 0.15) is 0 Å². The van der Waals surface area contributed by atoms with E-state index >= 15 is 0 Å². The smallest absolute Gasteiger partial charge is 0.160 e. The van der Waals surface area contributed by atoms with Crippen molar-refractivity contribution in [3.05, 3.63) is 206 Å². The molecule has 0 fully saturated rings. The van der Waals surface area contributed by atoms with Crippen molar-refractivity contribution in [2.75, 3.05) is 0 Å². The van der Waals surface area contributed by atoms with E-state index in [1.807, 2.05) is 34.0 Å². The summed E-state index contributed by atoms with van der Waals surface area (Å²) in [5.41, 5.74) is 12.0. The zero-order chi connectivity index (χ0) is 41.4. The molecule has 13 rings (SSSR count). The Hall–Kier alpha value is -7.28. The van der Waals surface area contributed by atoms with Crippen LogP contribution in [0.15, 0.2) is 206 Å². The van der Waals surface area contributed by atoms with Crippen molar-refractivity contribution in [3.63, 3.8) is 0 Å². The van der Waals surface area contributed by atoms with Crippen LogP contribution in [0.5, 0.6) is 0 Å². The molecule has 2 nitrogen and oxygen atoms in total. The lowest BCUT2D eigenvalue weighted by atomic mass is 9.99. The van der Waals surface area contributed by atoms with Gasteiger partial charge in [-0.15, -0.1) is 34.0 Å². The fourth-order valence-corrected chi connectivity index (χ4v) is 12.3. The molecule has 4 heterocycles. The van der Waals surface area contributed by atoms with Crippen LogP contribution in [0.4, 0.5) is 0 Å². The van der Waals surface area contributed by atoms with Gasteiger partial charge in [-0.05, 0) is 94.0 Å². The van der Waals surface area contributed by atoms with Crippen molar-refractivity contribution >= 4 is 94.5 Å². The van der Waals surface area contributed by atoms with Gasteiger partial charge in [0.05, 0.1) is 11.4 Å². The number of benzene rings is 9. The maximum atomic E-state index is 5.25. The van der Waals surface area contributed by atoms with E-state index in [4.69, 9.17) is 9.97 Å². The van der Waals surface area contributed by atoms with Crippen LogP contribution in [0.1, 0.15) is 0 Å². The van der Waals surface area contributed by atoms with Crippen LogP contribution in [0.2, 0.25) is 0 Å². The Labute approximate surface area is 375 Å². The lowest BCUT2D eigenvalue weighted by Gasteiger charge is -2.11. The number of fused-ring (bicyclic) bond motifs is 9. The molecule has 0 aliphatic heterocycles. The van der Waals surface area contributed by atoms with Crippen LogP contribution >= 0.6 is 34.0 Å². The largest absolute Gasteiger partial charge is 0.228 e. The summed E-state index contributed by atoms with van der Waals surface area (Å²) in [5, 5.41) is 7.85. The van der Waals surface area contributed by atoms with Gasteiger partial charge < -0.3 is 0 Å². The number of thiophene rings is 3. The summed E-state index contributed by atoms with van der Waals surface area (Å²) in [6, 6.07) is 75.0. The van der Waals surface area contributed by atoms with Gasteiger partial charge in [0, 0.05) is 77.2 Å². The highest BCUT2D eigenvalue weighted by Gasteiger charge is 2.14. The van der Waals surface area contributed by atoms with Crippen molar-refractivity contribution in [2.24, 2.45) is 0 Å². The first-order valence-corrected chi connectivity index (χ1v) is 23.6. The Morgan fingerprint density at radius 1 is 0.222 bits per heavy atom. The molecule has 13 aromatic rings. The maximum Gasteiger partial charge on any atom is 0.160 e. The van der Waals surface area contributed by atoms with Crippen molar-refractivity contribution in [2.45, 2.75) is 0 Å². The molecule has 0 aliphatic rings. The molecular formula is C58H34N2S3. The van der Waals surface area contributed by atoms with Crippen LogP contribution in [0.3, 0.4) is 0 Å². The highest BCUT2D eigenvalue weighted by molar-refractivity contribution is 7.26. The van der Waals surface area contributed by atoms with Crippen molar-refractivity contribution < 1.29 is 0 Å². The molecule has 0 amide bonds. The van der Waals surface area contributed by atoms with Crippen LogP contribution in [-0.4, -0.2) is 9.97 Å². The minimum absolute atomic E-state index is 0.700. The van der Waals surface area contributed by atoms with E-state index in [1.165, 1.54) is 93.9 Å². The molecule has 4 aromatic heterocycles. The Bertz CT molecular complexity index is 3470. The molecule has 0 atom stereocenters. The SMILES string of the molecule is c1ccc2c(c1)sc1ccc(-c3ccc(-c4cc(-c5ccc(-c6ccc7sc8ccccc8c7c6)cc5)nc(-c5ccc(-c6ccc7sc8ccccc8c7c6)cc5)n4)cc3)cc12. The van der Waals surface area contributed by atoms with E-state index < -0.39 is 0 Å². The molecule has 0 aliphatic carbocycles. The second-order valence-corrected chi connectivity index (χ2v) is 19.4. The summed E-state index contributed by atoms with van der Waals surface area (Å²) >= 11 is 5.55. The van der Waals surface area contributed by atoms with Crippen LogP contribution in [-0.2, 0) is 0 Å². The summed E-state index contributed by atoms with van der Waals surface area (Å²) in [4.78, 5) is 10.5. The minimum atomic E-state index is 0.700. The van der Waals surface area contributed by atoms with Gasteiger partial charge >= 0.3 is 0 Å². The predicted molar refractivity (Wildman–Crippen MR) is 273 cm³/mol.